The zero-order valence-electron chi connectivity index (χ0n) is 13.9. The van der Waals surface area contributed by atoms with Crippen LogP contribution < -0.4 is 10.6 Å². The van der Waals surface area contributed by atoms with Gasteiger partial charge in [0.2, 0.25) is 5.91 Å². The maximum atomic E-state index is 12.7. The first kappa shape index (κ1) is 17.2. The van der Waals surface area contributed by atoms with Crippen molar-refractivity contribution in [3.8, 4) is 0 Å². The molecular formula is C19H24N2O2. The summed E-state index contributed by atoms with van der Waals surface area (Å²) in [5.41, 5.74) is 2.89. The van der Waals surface area contributed by atoms with Gasteiger partial charge >= 0.3 is 0 Å². The van der Waals surface area contributed by atoms with E-state index in [9.17, 15) is 4.79 Å². The van der Waals surface area contributed by atoms with E-state index in [1.54, 1.807) is 7.11 Å². The van der Waals surface area contributed by atoms with Crippen LogP contribution in [-0.2, 0) is 9.53 Å². The second-order valence-corrected chi connectivity index (χ2v) is 5.72. The molecule has 0 aliphatic carbocycles. The molecule has 2 aromatic carbocycles. The summed E-state index contributed by atoms with van der Waals surface area (Å²) in [6.07, 6.45) is 0. The molecule has 0 spiro atoms. The van der Waals surface area contributed by atoms with Crippen LogP contribution in [0.1, 0.15) is 24.1 Å². The highest BCUT2D eigenvalue weighted by Crippen LogP contribution is 2.17. The van der Waals surface area contributed by atoms with Crippen molar-refractivity contribution in [2.75, 3.05) is 19.0 Å². The van der Waals surface area contributed by atoms with Crippen molar-refractivity contribution in [3.63, 3.8) is 0 Å². The lowest BCUT2D eigenvalue weighted by molar-refractivity contribution is -0.118. The van der Waals surface area contributed by atoms with Crippen LogP contribution in [0.15, 0.2) is 54.6 Å². The van der Waals surface area contributed by atoms with Gasteiger partial charge in [-0.25, -0.2) is 0 Å². The number of hydrogen-bond acceptors (Lipinski definition) is 3. The fraction of sp³-hybridized carbons (Fsp3) is 0.316. The van der Waals surface area contributed by atoms with E-state index >= 15 is 0 Å². The Morgan fingerprint density at radius 2 is 1.74 bits per heavy atom. The van der Waals surface area contributed by atoms with Gasteiger partial charge in [0.1, 0.15) is 6.04 Å². The van der Waals surface area contributed by atoms with Crippen LogP contribution in [0.4, 0.5) is 5.69 Å². The number of amides is 1. The first-order valence-corrected chi connectivity index (χ1v) is 7.77. The largest absolute Gasteiger partial charge is 0.383 e. The molecule has 0 aromatic heterocycles. The van der Waals surface area contributed by atoms with Crippen LogP contribution in [0.5, 0.6) is 0 Å². The molecule has 0 saturated heterocycles. The lowest BCUT2D eigenvalue weighted by Gasteiger charge is -2.23. The van der Waals surface area contributed by atoms with E-state index in [1.807, 2.05) is 68.4 Å². The minimum atomic E-state index is -0.428. The Morgan fingerprint density at radius 1 is 1.09 bits per heavy atom. The SMILES string of the molecule is COC[C@@H](C)N[C@H](C(=O)Nc1ccc(C)cc1)c1ccccc1. The quantitative estimate of drug-likeness (QED) is 0.825. The van der Waals surface area contributed by atoms with Gasteiger partial charge < -0.3 is 10.1 Å². The first-order chi connectivity index (χ1) is 11.1. The Bertz CT molecular complexity index is 611. The Balaban J connectivity index is 2.15. The number of benzene rings is 2. The van der Waals surface area contributed by atoms with E-state index in [0.29, 0.717) is 6.61 Å². The number of rotatable bonds is 7. The van der Waals surface area contributed by atoms with Gasteiger partial charge in [-0.15, -0.1) is 0 Å². The van der Waals surface area contributed by atoms with Crippen LogP contribution in [0, 0.1) is 6.92 Å². The van der Waals surface area contributed by atoms with Crippen molar-refractivity contribution in [2.45, 2.75) is 25.9 Å². The van der Waals surface area contributed by atoms with Gasteiger partial charge in [0, 0.05) is 18.8 Å². The average Bonchev–Trinajstić information content (AvgIpc) is 2.56. The van der Waals surface area contributed by atoms with Crippen molar-refractivity contribution in [3.05, 3.63) is 65.7 Å². The summed E-state index contributed by atoms with van der Waals surface area (Å²) in [7, 11) is 1.65. The zero-order chi connectivity index (χ0) is 16.7. The normalized spacial score (nSPS) is 13.3. The lowest BCUT2D eigenvalue weighted by atomic mass is 10.0. The number of hydrogen-bond donors (Lipinski definition) is 2. The molecule has 2 atom stereocenters. The Labute approximate surface area is 137 Å². The Morgan fingerprint density at radius 3 is 2.35 bits per heavy atom. The smallest absolute Gasteiger partial charge is 0.246 e. The van der Waals surface area contributed by atoms with E-state index in [1.165, 1.54) is 0 Å². The van der Waals surface area contributed by atoms with Crippen molar-refractivity contribution >= 4 is 11.6 Å². The molecule has 0 saturated carbocycles. The van der Waals surface area contributed by atoms with Gasteiger partial charge in [-0.1, -0.05) is 48.0 Å². The minimum absolute atomic E-state index is 0.0639. The molecular weight excluding hydrogens is 288 g/mol. The fourth-order valence-electron chi connectivity index (χ4n) is 2.40. The van der Waals surface area contributed by atoms with Crippen molar-refractivity contribution < 1.29 is 9.53 Å². The predicted octanol–water partition coefficient (Wildman–Crippen LogP) is 3.30. The molecule has 0 heterocycles. The Hall–Kier alpha value is -2.17. The van der Waals surface area contributed by atoms with E-state index < -0.39 is 6.04 Å². The molecule has 122 valence electrons. The van der Waals surface area contributed by atoms with E-state index in [0.717, 1.165) is 16.8 Å². The van der Waals surface area contributed by atoms with Gasteiger partial charge in [-0.2, -0.15) is 0 Å². The summed E-state index contributed by atoms with van der Waals surface area (Å²) in [4.78, 5) is 12.7. The topological polar surface area (TPSA) is 50.4 Å². The first-order valence-electron chi connectivity index (χ1n) is 7.77. The van der Waals surface area contributed by atoms with Gasteiger partial charge in [-0.3, -0.25) is 10.1 Å². The molecule has 0 aliphatic heterocycles. The number of aryl methyl sites for hydroxylation is 1. The summed E-state index contributed by atoms with van der Waals surface area (Å²) in [6, 6.07) is 17.1. The molecule has 1 amide bonds. The highest BCUT2D eigenvalue weighted by Gasteiger charge is 2.22. The van der Waals surface area contributed by atoms with Crippen molar-refractivity contribution in [1.82, 2.24) is 5.32 Å². The van der Waals surface area contributed by atoms with Crippen LogP contribution in [0.3, 0.4) is 0 Å². The monoisotopic (exact) mass is 312 g/mol. The van der Waals surface area contributed by atoms with Crippen molar-refractivity contribution in [2.24, 2.45) is 0 Å². The molecule has 0 aliphatic rings. The van der Waals surface area contributed by atoms with Gasteiger partial charge in [0.25, 0.3) is 0 Å². The van der Waals surface area contributed by atoms with Crippen molar-refractivity contribution in [1.29, 1.82) is 0 Å². The second-order valence-electron chi connectivity index (χ2n) is 5.72. The molecule has 4 nitrogen and oxygen atoms in total. The zero-order valence-corrected chi connectivity index (χ0v) is 13.9. The summed E-state index contributed by atoms with van der Waals surface area (Å²) >= 11 is 0. The van der Waals surface area contributed by atoms with Crippen LogP contribution in [0.25, 0.3) is 0 Å². The summed E-state index contributed by atoms with van der Waals surface area (Å²) < 4.78 is 5.16. The molecule has 0 unspecified atom stereocenters. The van der Waals surface area contributed by atoms with E-state index in [-0.39, 0.29) is 11.9 Å². The third-order valence-electron chi connectivity index (χ3n) is 3.58. The maximum absolute atomic E-state index is 12.7. The second kappa shape index (κ2) is 8.46. The van der Waals surface area contributed by atoms with Crippen LogP contribution >= 0.6 is 0 Å². The van der Waals surface area contributed by atoms with E-state index in [2.05, 4.69) is 10.6 Å². The highest BCUT2D eigenvalue weighted by molar-refractivity contribution is 5.95. The minimum Gasteiger partial charge on any atom is -0.383 e. The highest BCUT2D eigenvalue weighted by atomic mass is 16.5. The molecule has 4 heteroatoms. The predicted molar refractivity (Wildman–Crippen MR) is 93.5 cm³/mol. The molecule has 2 aromatic rings. The van der Waals surface area contributed by atoms with Crippen LogP contribution in [0.2, 0.25) is 0 Å². The molecule has 2 rings (SSSR count). The summed E-state index contributed by atoms with van der Waals surface area (Å²) in [6.45, 7) is 4.56. The Kier molecular flexibility index (Phi) is 6.32. The average molecular weight is 312 g/mol. The summed E-state index contributed by atoms with van der Waals surface area (Å²) in [5.74, 6) is -0.0805. The molecule has 0 radical (unpaired) electrons. The molecule has 23 heavy (non-hydrogen) atoms. The molecule has 0 fully saturated rings. The third-order valence-corrected chi connectivity index (χ3v) is 3.58. The number of ether oxygens (including phenoxy) is 1. The fourth-order valence-corrected chi connectivity index (χ4v) is 2.40. The van der Waals surface area contributed by atoms with E-state index in [4.69, 9.17) is 4.74 Å². The number of nitrogens with one attached hydrogen (secondary N) is 2. The van der Waals surface area contributed by atoms with Crippen LogP contribution in [-0.4, -0.2) is 25.7 Å². The van der Waals surface area contributed by atoms with Gasteiger partial charge in [0.15, 0.2) is 0 Å². The molecule has 2 N–H and O–H groups in total. The van der Waals surface area contributed by atoms with Gasteiger partial charge in [-0.05, 0) is 31.5 Å². The number of anilines is 1. The van der Waals surface area contributed by atoms with Gasteiger partial charge in [0.05, 0.1) is 6.61 Å². The third kappa shape index (κ3) is 5.20. The lowest BCUT2D eigenvalue weighted by Crippen LogP contribution is -2.40. The number of carbonyl (C=O) groups is 1. The standard InChI is InChI=1S/C19H24N2O2/c1-14-9-11-17(12-10-14)21-19(22)18(20-15(2)13-23-3)16-7-5-4-6-8-16/h4-12,15,18,20H,13H2,1-3H3,(H,21,22)/t15-,18+/m1/s1. The maximum Gasteiger partial charge on any atom is 0.246 e. The molecule has 0 bridgehead atoms. The number of carbonyl (C=O) groups excluding carboxylic acids is 1. The summed E-state index contributed by atoms with van der Waals surface area (Å²) in [5, 5.41) is 6.30. The number of methoxy groups -OCH3 is 1.